The fourth-order valence-corrected chi connectivity index (χ4v) is 2.84. The summed E-state index contributed by atoms with van der Waals surface area (Å²) in [6, 6.07) is 5.47. The van der Waals surface area contributed by atoms with Crippen LogP contribution in [0, 0.1) is 0 Å². The molecular weight excluding hydrogens is 362 g/mol. The second-order valence-electron chi connectivity index (χ2n) is 4.31. The van der Waals surface area contributed by atoms with Gasteiger partial charge in [0.2, 0.25) is 0 Å². The third-order valence-corrected chi connectivity index (χ3v) is 4.72. The largest absolute Gasteiger partial charge is 0.497 e. The summed E-state index contributed by atoms with van der Waals surface area (Å²) in [6.07, 6.45) is 2.01. The number of amides is 1. The molecule has 1 amide bonds. The maximum absolute atomic E-state index is 12.4. The predicted octanol–water partition coefficient (Wildman–Crippen LogP) is 3.46. The molecule has 98 valence electrons. The minimum absolute atomic E-state index is 0.0696. The first kappa shape index (κ1) is 13.9. The van der Waals surface area contributed by atoms with Gasteiger partial charge in [-0.15, -0.1) is 0 Å². The lowest BCUT2D eigenvalue weighted by atomic mass is 10.1. The van der Waals surface area contributed by atoms with E-state index in [4.69, 9.17) is 4.74 Å². The second kappa shape index (κ2) is 6.06. The van der Waals surface area contributed by atoms with Gasteiger partial charge in [0.05, 0.1) is 12.7 Å². The van der Waals surface area contributed by atoms with Crippen molar-refractivity contribution in [2.75, 3.05) is 20.2 Å². The maximum atomic E-state index is 12.4. The molecule has 1 aromatic rings. The summed E-state index contributed by atoms with van der Waals surface area (Å²) in [5.74, 6) is 0.775. The first-order valence-electron chi connectivity index (χ1n) is 5.88. The van der Waals surface area contributed by atoms with Crippen molar-refractivity contribution in [3.8, 4) is 5.75 Å². The van der Waals surface area contributed by atoms with E-state index in [0.717, 1.165) is 30.4 Å². The van der Waals surface area contributed by atoms with E-state index in [0.29, 0.717) is 16.1 Å². The van der Waals surface area contributed by atoms with Crippen LogP contribution >= 0.6 is 31.9 Å². The Hall–Kier alpha value is -0.550. The summed E-state index contributed by atoms with van der Waals surface area (Å²) in [4.78, 5) is 14.9. The Bertz CT molecular complexity index is 443. The van der Waals surface area contributed by atoms with E-state index in [2.05, 4.69) is 31.9 Å². The molecule has 2 rings (SSSR count). The molecule has 3 nitrogen and oxygen atoms in total. The smallest absolute Gasteiger partial charge is 0.255 e. The van der Waals surface area contributed by atoms with Crippen molar-refractivity contribution >= 4 is 37.8 Å². The zero-order chi connectivity index (χ0) is 13.1. The average molecular weight is 377 g/mol. The Morgan fingerprint density at radius 3 is 2.67 bits per heavy atom. The van der Waals surface area contributed by atoms with Gasteiger partial charge < -0.3 is 9.64 Å². The Balaban J connectivity index is 2.17. The molecule has 0 radical (unpaired) electrons. The molecule has 1 heterocycles. The van der Waals surface area contributed by atoms with Crippen molar-refractivity contribution in [1.29, 1.82) is 0 Å². The highest BCUT2D eigenvalue weighted by molar-refractivity contribution is 9.10. The van der Waals surface area contributed by atoms with Crippen LogP contribution in [-0.2, 0) is 0 Å². The molecule has 0 saturated carbocycles. The number of ether oxygens (including phenoxy) is 1. The van der Waals surface area contributed by atoms with Crippen LogP contribution in [0.2, 0.25) is 0 Å². The van der Waals surface area contributed by atoms with E-state index in [-0.39, 0.29) is 5.91 Å². The van der Waals surface area contributed by atoms with Crippen LogP contribution < -0.4 is 4.74 Å². The highest BCUT2D eigenvalue weighted by Crippen LogP contribution is 2.26. The van der Waals surface area contributed by atoms with E-state index in [1.807, 2.05) is 17.0 Å². The zero-order valence-electron chi connectivity index (χ0n) is 10.2. The number of hydrogen-bond acceptors (Lipinski definition) is 2. The molecule has 5 heteroatoms. The number of alkyl halides is 1. The highest BCUT2D eigenvalue weighted by Gasteiger charge is 2.23. The van der Waals surface area contributed by atoms with E-state index >= 15 is 0 Å². The van der Waals surface area contributed by atoms with Crippen molar-refractivity contribution in [3.63, 3.8) is 0 Å². The van der Waals surface area contributed by atoms with Crippen molar-refractivity contribution in [2.24, 2.45) is 0 Å². The fourth-order valence-electron chi connectivity index (χ4n) is 2.02. The summed E-state index contributed by atoms with van der Waals surface area (Å²) >= 11 is 7.02. The molecule has 1 aliphatic rings. The Morgan fingerprint density at radius 2 is 2.06 bits per heavy atom. The van der Waals surface area contributed by atoms with Crippen LogP contribution in [0.4, 0.5) is 0 Å². The van der Waals surface area contributed by atoms with Crippen molar-refractivity contribution in [2.45, 2.75) is 17.7 Å². The number of carbonyl (C=O) groups is 1. The molecule has 1 saturated heterocycles. The van der Waals surface area contributed by atoms with Gasteiger partial charge in [0.25, 0.3) is 5.91 Å². The van der Waals surface area contributed by atoms with Gasteiger partial charge in [-0.2, -0.15) is 0 Å². The molecule has 1 aliphatic heterocycles. The number of methoxy groups -OCH3 is 1. The summed E-state index contributed by atoms with van der Waals surface area (Å²) < 4.78 is 5.98. The number of carbonyl (C=O) groups excluding carboxylic acids is 1. The Kier molecular flexibility index (Phi) is 4.67. The van der Waals surface area contributed by atoms with Gasteiger partial charge in [0.15, 0.2) is 0 Å². The topological polar surface area (TPSA) is 29.5 Å². The lowest BCUT2D eigenvalue weighted by molar-refractivity contribution is 0.0727. The third-order valence-electron chi connectivity index (χ3n) is 3.12. The molecule has 0 spiro atoms. The number of rotatable bonds is 2. The molecule has 0 unspecified atom stereocenters. The predicted molar refractivity (Wildman–Crippen MR) is 78.5 cm³/mol. The van der Waals surface area contributed by atoms with E-state index < -0.39 is 0 Å². The molecule has 0 N–H and O–H groups in total. The quantitative estimate of drug-likeness (QED) is 0.739. The van der Waals surface area contributed by atoms with Gasteiger partial charge in [0.1, 0.15) is 5.75 Å². The molecule has 1 aromatic carbocycles. The summed E-state index contributed by atoms with van der Waals surface area (Å²) in [5, 5.41) is 0. The van der Waals surface area contributed by atoms with Gasteiger partial charge in [-0.05, 0) is 47.0 Å². The fraction of sp³-hybridized carbons (Fsp3) is 0.462. The Labute approximate surface area is 124 Å². The minimum atomic E-state index is 0.0696. The van der Waals surface area contributed by atoms with Crippen molar-refractivity contribution < 1.29 is 9.53 Å². The highest BCUT2D eigenvalue weighted by atomic mass is 79.9. The molecule has 0 atom stereocenters. The van der Waals surface area contributed by atoms with Crippen molar-refractivity contribution in [3.05, 3.63) is 28.2 Å². The second-order valence-corrected chi connectivity index (χ2v) is 6.46. The zero-order valence-corrected chi connectivity index (χ0v) is 13.3. The van der Waals surface area contributed by atoms with Crippen LogP contribution in [0.25, 0.3) is 0 Å². The van der Waals surface area contributed by atoms with Gasteiger partial charge in [-0.1, -0.05) is 15.9 Å². The van der Waals surface area contributed by atoms with Gasteiger partial charge >= 0.3 is 0 Å². The van der Waals surface area contributed by atoms with Crippen LogP contribution in [0.15, 0.2) is 22.7 Å². The lowest BCUT2D eigenvalue weighted by Gasteiger charge is -2.29. The van der Waals surface area contributed by atoms with Crippen molar-refractivity contribution in [1.82, 2.24) is 4.90 Å². The van der Waals surface area contributed by atoms with E-state index in [1.165, 1.54) is 0 Å². The first-order valence-corrected chi connectivity index (χ1v) is 7.59. The van der Waals surface area contributed by atoms with Gasteiger partial charge in [-0.25, -0.2) is 0 Å². The Morgan fingerprint density at radius 1 is 1.39 bits per heavy atom. The molecule has 18 heavy (non-hydrogen) atoms. The number of halogens is 2. The van der Waals surface area contributed by atoms with Gasteiger partial charge in [0, 0.05) is 22.4 Å². The monoisotopic (exact) mass is 375 g/mol. The molecular formula is C13H15Br2NO2. The third kappa shape index (κ3) is 3.06. The molecule has 0 bridgehead atoms. The average Bonchev–Trinajstić information content (AvgIpc) is 2.39. The maximum Gasteiger partial charge on any atom is 0.255 e. The SMILES string of the molecule is COc1ccc(Br)c(C(=O)N2CCC(Br)CC2)c1. The summed E-state index contributed by atoms with van der Waals surface area (Å²) in [6.45, 7) is 1.61. The summed E-state index contributed by atoms with van der Waals surface area (Å²) in [5.41, 5.74) is 0.669. The number of piperidine rings is 1. The molecule has 0 aliphatic carbocycles. The minimum Gasteiger partial charge on any atom is -0.497 e. The normalized spacial score (nSPS) is 16.7. The van der Waals surface area contributed by atoms with Crippen LogP contribution in [0.1, 0.15) is 23.2 Å². The van der Waals surface area contributed by atoms with Crippen LogP contribution in [0.3, 0.4) is 0 Å². The number of likely N-dealkylation sites (tertiary alicyclic amines) is 1. The number of benzene rings is 1. The van der Waals surface area contributed by atoms with Crippen LogP contribution in [0.5, 0.6) is 5.75 Å². The lowest BCUT2D eigenvalue weighted by Crippen LogP contribution is -2.38. The van der Waals surface area contributed by atoms with E-state index in [1.54, 1.807) is 13.2 Å². The number of hydrogen-bond donors (Lipinski definition) is 0. The first-order chi connectivity index (χ1) is 8.61. The summed E-state index contributed by atoms with van der Waals surface area (Å²) in [7, 11) is 1.60. The van der Waals surface area contributed by atoms with Gasteiger partial charge in [-0.3, -0.25) is 4.79 Å². The van der Waals surface area contributed by atoms with Crippen LogP contribution in [-0.4, -0.2) is 35.8 Å². The molecule has 0 aromatic heterocycles. The molecule has 1 fully saturated rings. The van der Waals surface area contributed by atoms with E-state index in [9.17, 15) is 4.79 Å². The standard InChI is InChI=1S/C13H15Br2NO2/c1-18-10-2-3-12(15)11(8-10)13(17)16-6-4-9(14)5-7-16/h2-3,8-9H,4-7H2,1H3. The number of nitrogens with zero attached hydrogens (tertiary/aromatic N) is 1.